The maximum atomic E-state index is 11.9. The number of anilines is 1. The number of carbonyl (C=O) groups excluding carboxylic acids is 1. The van der Waals surface area contributed by atoms with Crippen LogP contribution in [-0.2, 0) is 5.33 Å². The average molecular weight is 324 g/mol. The molecule has 0 radical (unpaired) electrons. The van der Waals surface area contributed by atoms with Gasteiger partial charge in [0.15, 0.2) is 0 Å². The number of para-hydroxylation sites is 1. The summed E-state index contributed by atoms with van der Waals surface area (Å²) in [5, 5.41) is 13.9. The summed E-state index contributed by atoms with van der Waals surface area (Å²) >= 11 is 3.33. The number of benzene rings is 1. The van der Waals surface area contributed by atoms with Crippen molar-refractivity contribution >= 4 is 33.2 Å². The summed E-state index contributed by atoms with van der Waals surface area (Å²) in [7, 11) is 0. The Morgan fingerprint density at radius 3 is 2.79 bits per heavy atom. The van der Waals surface area contributed by atoms with Crippen LogP contribution in [0.25, 0.3) is 0 Å². The van der Waals surface area contributed by atoms with Crippen molar-refractivity contribution in [3.05, 3.63) is 57.9 Å². The van der Waals surface area contributed by atoms with Gasteiger partial charge in [-0.2, -0.15) is 0 Å². The largest absolute Gasteiger partial charge is 0.351 e. The number of hydrogen-bond acceptors (Lipinski definition) is 3. The summed E-state index contributed by atoms with van der Waals surface area (Å²) in [5.41, 5.74) is 1.61. The standard InChI is InChI=1S/C12H10BrN3O3/c13-6-8-3-1-2-4-10(8)15-12(17)11-5-9(7-14-11)16(18)19/h1-5,7,14H,6H2,(H,15,17). The fourth-order valence-corrected chi connectivity index (χ4v) is 2.06. The van der Waals surface area contributed by atoms with Gasteiger partial charge in [0, 0.05) is 17.1 Å². The van der Waals surface area contributed by atoms with E-state index in [0.717, 1.165) is 5.56 Å². The summed E-state index contributed by atoms with van der Waals surface area (Å²) in [6.45, 7) is 0. The van der Waals surface area contributed by atoms with Crippen LogP contribution < -0.4 is 5.32 Å². The number of nitro groups is 1. The first kappa shape index (κ1) is 13.3. The molecule has 0 spiro atoms. The van der Waals surface area contributed by atoms with Gasteiger partial charge in [-0.05, 0) is 11.6 Å². The highest BCUT2D eigenvalue weighted by Gasteiger charge is 2.15. The van der Waals surface area contributed by atoms with Crippen molar-refractivity contribution in [1.82, 2.24) is 4.98 Å². The maximum absolute atomic E-state index is 11.9. The van der Waals surface area contributed by atoms with E-state index in [0.29, 0.717) is 11.0 Å². The van der Waals surface area contributed by atoms with Crippen LogP contribution in [0, 0.1) is 10.1 Å². The number of nitrogens with zero attached hydrogens (tertiary/aromatic N) is 1. The van der Waals surface area contributed by atoms with Gasteiger partial charge in [0.25, 0.3) is 11.6 Å². The molecule has 19 heavy (non-hydrogen) atoms. The van der Waals surface area contributed by atoms with E-state index >= 15 is 0 Å². The number of aromatic nitrogens is 1. The number of nitrogens with one attached hydrogen (secondary N) is 2. The lowest BCUT2D eigenvalue weighted by Gasteiger charge is -2.07. The minimum Gasteiger partial charge on any atom is -0.351 e. The number of H-pyrrole nitrogens is 1. The second-order valence-corrected chi connectivity index (χ2v) is 4.33. The first-order valence-corrected chi connectivity index (χ1v) is 6.52. The fourth-order valence-electron chi connectivity index (χ4n) is 1.57. The Hall–Kier alpha value is -2.15. The van der Waals surface area contributed by atoms with Gasteiger partial charge >= 0.3 is 0 Å². The van der Waals surface area contributed by atoms with Gasteiger partial charge in [0.05, 0.1) is 11.1 Å². The molecule has 0 aliphatic carbocycles. The lowest BCUT2D eigenvalue weighted by atomic mass is 10.2. The van der Waals surface area contributed by atoms with Crippen LogP contribution >= 0.6 is 15.9 Å². The molecule has 1 aromatic heterocycles. The summed E-state index contributed by atoms with van der Waals surface area (Å²) in [5.74, 6) is -0.415. The zero-order valence-corrected chi connectivity index (χ0v) is 11.3. The minimum absolute atomic E-state index is 0.140. The molecule has 0 saturated carbocycles. The molecule has 1 aromatic carbocycles. The van der Waals surface area contributed by atoms with Gasteiger partial charge in [-0.1, -0.05) is 34.1 Å². The van der Waals surface area contributed by atoms with E-state index in [1.807, 2.05) is 12.1 Å². The Bertz CT molecular complexity index is 624. The van der Waals surface area contributed by atoms with E-state index in [-0.39, 0.29) is 11.4 Å². The molecule has 0 aliphatic rings. The lowest BCUT2D eigenvalue weighted by Crippen LogP contribution is -2.13. The van der Waals surface area contributed by atoms with Crippen LogP contribution in [0.1, 0.15) is 16.1 Å². The van der Waals surface area contributed by atoms with Crippen LogP contribution in [0.15, 0.2) is 36.5 Å². The predicted molar refractivity (Wildman–Crippen MR) is 74.5 cm³/mol. The SMILES string of the molecule is O=C(Nc1ccccc1CBr)c1cc([N+](=O)[O-])c[nH]1. The monoisotopic (exact) mass is 323 g/mol. The topological polar surface area (TPSA) is 88.0 Å². The summed E-state index contributed by atoms with van der Waals surface area (Å²) in [4.78, 5) is 24.5. The van der Waals surface area contributed by atoms with Crippen molar-refractivity contribution in [2.24, 2.45) is 0 Å². The van der Waals surface area contributed by atoms with Crippen LogP contribution in [-0.4, -0.2) is 15.8 Å². The highest BCUT2D eigenvalue weighted by Crippen LogP contribution is 2.19. The Morgan fingerprint density at radius 1 is 1.42 bits per heavy atom. The molecular formula is C12H10BrN3O3. The molecule has 6 nitrogen and oxygen atoms in total. The van der Waals surface area contributed by atoms with E-state index in [4.69, 9.17) is 0 Å². The third kappa shape index (κ3) is 3.00. The van der Waals surface area contributed by atoms with Crippen molar-refractivity contribution in [2.75, 3.05) is 5.32 Å². The number of amides is 1. The quantitative estimate of drug-likeness (QED) is 0.515. The number of carbonyl (C=O) groups is 1. The molecule has 1 amide bonds. The zero-order valence-electron chi connectivity index (χ0n) is 9.72. The van der Waals surface area contributed by atoms with Gasteiger partial charge < -0.3 is 10.3 Å². The highest BCUT2D eigenvalue weighted by molar-refractivity contribution is 9.08. The highest BCUT2D eigenvalue weighted by atomic mass is 79.9. The maximum Gasteiger partial charge on any atom is 0.287 e. The summed E-state index contributed by atoms with van der Waals surface area (Å²) in [6.07, 6.45) is 1.19. The molecule has 2 N–H and O–H groups in total. The molecule has 0 unspecified atom stereocenters. The second kappa shape index (κ2) is 5.66. The third-order valence-electron chi connectivity index (χ3n) is 2.53. The van der Waals surface area contributed by atoms with Crippen LogP contribution in [0.2, 0.25) is 0 Å². The van der Waals surface area contributed by atoms with Crippen molar-refractivity contribution in [1.29, 1.82) is 0 Å². The molecule has 0 fully saturated rings. The average Bonchev–Trinajstić information content (AvgIpc) is 2.89. The second-order valence-electron chi connectivity index (χ2n) is 3.77. The van der Waals surface area contributed by atoms with Crippen molar-refractivity contribution in [2.45, 2.75) is 5.33 Å². The number of aromatic amines is 1. The normalized spacial score (nSPS) is 10.2. The van der Waals surface area contributed by atoms with Gasteiger partial charge in [-0.25, -0.2) is 0 Å². The first-order valence-electron chi connectivity index (χ1n) is 5.40. The Labute approximate surface area is 117 Å². The molecule has 0 saturated heterocycles. The van der Waals surface area contributed by atoms with Gasteiger partial charge in [-0.15, -0.1) is 0 Å². The van der Waals surface area contributed by atoms with Crippen molar-refractivity contribution < 1.29 is 9.72 Å². The third-order valence-corrected chi connectivity index (χ3v) is 3.14. The Balaban J connectivity index is 2.18. The van der Waals surface area contributed by atoms with Crippen molar-refractivity contribution in [3.63, 3.8) is 0 Å². The molecule has 98 valence electrons. The Kier molecular flexibility index (Phi) is 3.96. The molecule has 0 atom stereocenters. The number of rotatable bonds is 4. The lowest BCUT2D eigenvalue weighted by molar-refractivity contribution is -0.384. The number of halogens is 1. The number of alkyl halides is 1. The zero-order chi connectivity index (χ0) is 13.8. The van der Waals surface area contributed by atoms with Crippen LogP contribution in [0.4, 0.5) is 11.4 Å². The van der Waals surface area contributed by atoms with Gasteiger partial charge in [-0.3, -0.25) is 14.9 Å². The van der Waals surface area contributed by atoms with E-state index < -0.39 is 10.8 Å². The fraction of sp³-hybridized carbons (Fsp3) is 0.0833. The van der Waals surface area contributed by atoms with Crippen LogP contribution in [0.3, 0.4) is 0 Å². The number of hydrogen-bond donors (Lipinski definition) is 2. The smallest absolute Gasteiger partial charge is 0.287 e. The van der Waals surface area contributed by atoms with Gasteiger partial charge in [0.1, 0.15) is 5.69 Å². The molecule has 7 heteroatoms. The summed E-state index contributed by atoms with van der Waals surface area (Å²) in [6, 6.07) is 8.52. The molecule has 2 rings (SSSR count). The predicted octanol–water partition coefficient (Wildman–Crippen LogP) is 3.07. The van der Waals surface area contributed by atoms with E-state index in [1.54, 1.807) is 12.1 Å². The first-order chi connectivity index (χ1) is 9.11. The summed E-state index contributed by atoms with van der Waals surface area (Å²) < 4.78 is 0. The molecule has 1 heterocycles. The molecular weight excluding hydrogens is 314 g/mol. The van der Waals surface area contributed by atoms with Gasteiger partial charge in [0.2, 0.25) is 0 Å². The molecule has 0 aliphatic heterocycles. The molecule has 0 bridgehead atoms. The van der Waals surface area contributed by atoms with E-state index in [2.05, 4.69) is 26.2 Å². The minimum atomic E-state index is -0.556. The molecule has 2 aromatic rings. The van der Waals surface area contributed by atoms with E-state index in [9.17, 15) is 14.9 Å². The van der Waals surface area contributed by atoms with E-state index in [1.165, 1.54) is 12.3 Å². The Morgan fingerprint density at radius 2 is 2.16 bits per heavy atom. The van der Waals surface area contributed by atoms with Crippen molar-refractivity contribution in [3.8, 4) is 0 Å². The van der Waals surface area contributed by atoms with Crippen LogP contribution in [0.5, 0.6) is 0 Å².